The van der Waals surface area contributed by atoms with Gasteiger partial charge in [-0.3, -0.25) is 9.59 Å². The summed E-state index contributed by atoms with van der Waals surface area (Å²) in [5, 5.41) is 0. The first-order valence-electron chi connectivity index (χ1n) is 11.0. The number of nitrogens with two attached hydrogens (primary N) is 1. The molecular formula is C27H28ClNO6. The number of carbonyl (C=O) groups is 2. The van der Waals surface area contributed by atoms with Gasteiger partial charge in [0.2, 0.25) is 5.91 Å². The van der Waals surface area contributed by atoms with E-state index in [9.17, 15) is 9.59 Å². The molecule has 1 amide bonds. The summed E-state index contributed by atoms with van der Waals surface area (Å²) in [4.78, 5) is 23.2. The lowest BCUT2D eigenvalue weighted by Gasteiger charge is -2.20. The Morgan fingerprint density at radius 3 is 2.34 bits per heavy atom. The topological polar surface area (TPSA) is 97.1 Å². The van der Waals surface area contributed by atoms with Crippen LogP contribution < -0.4 is 24.7 Å². The molecule has 0 aliphatic carbocycles. The maximum atomic E-state index is 12.4. The fraction of sp³-hybridized carbons (Fsp3) is 0.259. The second-order valence-electron chi connectivity index (χ2n) is 7.77. The predicted molar refractivity (Wildman–Crippen MR) is 133 cm³/mol. The Bertz CT molecular complexity index is 1150. The first kappa shape index (κ1) is 25.9. The van der Waals surface area contributed by atoms with E-state index >= 15 is 0 Å². The van der Waals surface area contributed by atoms with Crippen LogP contribution in [-0.2, 0) is 28.5 Å². The molecule has 0 heterocycles. The molecule has 0 aliphatic heterocycles. The molecule has 35 heavy (non-hydrogen) atoms. The van der Waals surface area contributed by atoms with Crippen molar-refractivity contribution in [2.45, 2.75) is 31.2 Å². The minimum absolute atomic E-state index is 0.0552. The molecule has 7 nitrogen and oxygen atoms in total. The number of methoxy groups -OCH3 is 2. The summed E-state index contributed by atoms with van der Waals surface area (Å²) in [5.41, 5.74) is 8.97. The molecule has 1 atom stereocenters. The van der Waals surface area contributed by atoms with Gasteiger partial charge in [-0.1, -0.05) is 42.5 Å². The van der Waals surface area contributed by atoms with Gasteiger partial charge in [-0.05, 0) is 47.7 Å². The summed E-state index contributed by atoms with van der Waals surface area (Å²) in [6.07, 6.45) is 0.989. The van der Waals surface area contributed by atoms with Crippen LogP contribution in [0.1, 0.15) is 34.6 Å². The molecule has 0 aliphatic rings. The molecule has 0 saturated heterocycles. The van der Waals surface area contributed by atoms with Crippen LogP contribution in [0.15, 0.2) is 60.7 Å². The number of hydrogen-bond acceptors (Lipinski definition) is 6. The van der Waals surface area contributed by atoms with Crippen LogP contribution in [0.3, 0.4) is 0 Å². The van der Waals surface area contributed by atoms with Crippen LogP contribution in [0.25, 0.3) is 0 Å². The van der Waals surface area contributed by atoms with Crippen LogP contribution in [0.5, 0.6) is 23.0 Å². The van der Waals surface area contributed by atoms with E-state index in [2.05, 4.69) is 0 Å². The first-order chi connectivity index (χ1) is 17.0. The SMILES string of the molecule is COc1cc(CCC(C(N)=O)c2ccc(OC=O)c(OC)c2CCl)ccc1OCc1ccccc1. The number of amides is 1. The molecule has 8 heteroatoms. The Kier molecular flexibility index (Phi) is 9.38. The lowest BCUT2D eigenvalue weighted by atomic mass is 9.88. The van der Waals surface area contributed by atoms with Crippen molar-refractivity contribution in [3.05, 3.63) is 82.9 Å². The number of aryl methyl sites for hydroxylation is 1. The zero-order valence-corrected chi connectivity index (χ0v) is 20.4. The van der Waals surface area contributed by atoms with Gasteiger partial charge in [0.15, 0.2) is 23.0 Å². The summed E-state index contributed by atoms with van der Waals surface area (Å²) in [5.74, 6) is 0.706. The quantitative estimate of drug-likeness (QED) is 0.270. The molecule has 3 aromatic rings. The van der Waals surface area contributed by atoms with Crippen LogP contribution >= 0.6 is 11.6 Å². The molecule has 0 spiro atoms. The molecule has 0 fully saturated rings. The van der Waals surface area contributed by atoms with Crippen molar-refractivity contribution in [2.24, 2.45) is 5.73 Å². The van der Waals surface area contributed by atoms with Crippen LogP contribution in [0.4, 0.5) is 0 Å². The molecule has 0 aromatic heterocycles. The Balaban J connectivity index is 1.78. The normalized spacial score (nSPS) is 11.4. The van der Waals surface area contributed by atoms with Crippen molar-refractivity contribution in [3.63, 3.8) is 0 Å². The van der Waals surface area contributed by atoms with E-state index in [1.807, 2.05) is 48.5 Å². The van der Waals surface area contributed by atoms with Gasteiger partial charge in [0, 0.05) is 5.56 Å². The number of primary amides is 1. The molecule has 0 radical (unpaired) electrons. The van der Waals surface area contributed by atoms with E-state index in [0.717, 1.165) is 11.1 Å². The molecule has 2 N–H and O–H groups in total. The van der Waals surface area contributed by atoms with Gasteiger partial charge in [-0.15, -0.1) is 11.6 Å². The highest BCUT2D eigenvalue weighted by molar-refractivity contribution is 6.17. The molecule has 184 valence electrons. The second-order valence-corrected chi connectivity index (χ2v) is 8.03. The average molecular weight is 498 g/mol. The van der Waals surface area contributed by atoms with Gasteiger partial charge in [-0.2, -0.15) is 0 Å². The number of rotatable bonds is 13. The summed E-state index contributed by atoms with van der Waals surface area (Å²) in [6.45, 7) is 0.731. The van der Waals surface area contributed by atoms with E-state index < -0.39 is 11.8 Å². The lowest BCUT2D eigenvalue weighted by Crippen LogP contribution is -2.23. The van der Waals surface area contributed by atoms with E-state index in [4.69, 9.17) is 36.3 Å². The van der Waals surface area contributed by atoms with E-state index in [1.54, 1.807) is 19.2 Å². The third kappa shape index (κ3) is 6.45. The van der Waals surface area contributed by atoms with Gasteiger partial charge in [-0.25, -0.2) is 0 Å². The molecule has 1 unspecified atom stereocenters. The highest BCUT2D eigenvalue weighted by atomic mass is 35.5. The fourth-order valence-corrected chi connectivity index (χ4v) is 4.21. The number of hydrogen-bond donors (Lipinski definition) is 1. The zero-order valence-electron chi connectivity index (χ0n) is 19.7. The number of ether oxygens (including phenoxy) is 4. The first-order valence-corrected chi connectivity index (χ1v) is 11.5. The van der Waals surface area contributed by atoms with Crippen LogP contribution in [0.2, 0.25) is 0 Å². The standard InChI is InChI=1S/C27H28ClNO6/c1-32-25-14-18(9-12-23(25)34-16-19-6-4-3-5-7-19)8-10-21(27(29)31)20-11-13-24(35-17-30)26(33-2)22(20)15-28/h3-7,9,11-14,17,21H,8,10,15-16H2,1-2H3,(H2,29,31). The average Bonchev–Trinajstić information content (AvgIpc) is 2.88. The van der Waals surface area contributed by atoms with Crippen LogP contribution in [-0.4, -0.2) is 26.6 Å². The Morgan fingerprint density at radius 1 is 0.971 bits per heavy atom. The van der Waals surface area contributed by atoms with Crippen molar-refractivity contribution in [2.75, 3.05) is 14.2 Å². The molecule has 0 bridgehead atoms. The fourth-order valence-electron chi connectivity index (χ4n) is 3.94. The summed E-state index contributed by atoms with van der Waals surface area (Å²) < 4.78 is 21.8. The molecule has 0 saturated carbocycles. The van der Waals surface area contributed by atoms with Gasteiger partial charge in [0.05, 0.1) is 26.0 Å². The van der Waals surface area contributed by atoms with Crippen molar-refractivity contribution in [1.29, 1.82) is 0 Å². The number of carbonyl (C=O) groups excluding carboxylic acids is 2. The van der Waals surface area contributed by atoms with Crippen molar-refractivity contribution in [1.82, 2.24) is 0 Å². The predicted octanol–water partition coefficient (Wildman–Crippen LogP) is 4.76. The van der Waals surface area contributed by atoms with Gasteiger partial charge in [0.1, 0.15) is 6.61 Å². The third-order valence-corrected chi connectivity index (χ3v) is 5.95. The van der Waals surface area contributed by atoms with Crippen molar-refractivity contribution < 1.29 is 28.5 Å². The highest BCUT2D eigenvalue weighted by Gasteiger charge is 2.25. The highest BCUT2D eigenvalue weighted by Crippen LogP contribution is 2.39. The Hall–Kier alpha value is -3.71. The smallest absolute Gasteiger partial charge is 0.298 e. The Labute approximate surface area is 209 Å². The minimum Gasteiger partial charge on any atom is -0.493 e. The molecular weight excluding hydrogens is 470 g/mol. The minimum atomic E-state index is -0.622. The van der Waals surface area contributed by atoms with Gasteiger partial charge in [0.25, 0.3) is 6.47 Å². The number of alkyl halides is 1. The molecule has 3 rings (SSSR count). The zero-order chi connectivity index (χ0) is 25.2. The van der Waals surface area contributed by atoms with Crippen molar-refractivity contribution >= 4 is 24.0 Å². The maximum Gasteiger partial charge on any atom is 0.298 e. The number of benzene rings is 3. The third-order valence-electron chi connectivity index (χ3n) is 5.68. The Morgan fingerprint density at radius 2 is 1.71 bits per heavy atom. The van der Waals surface area contributed by atoms with Crippen molar-refractivity contribution in [3.8, 4) is 23.0 Å². The van der Waals surface area contributed by atoms with Gasteiger partial charge >= 0.3 is 0 Å². The lowest BCUT2D eigenvalue weighted by molar-refractivity contribution is -0.121. The van der Waals surface area contributed by atoms with E-state index in [0.29, 0.717) is 54.3 Å². The monoisotopic (exact) mass is 497 g/mol. The second kappa shape index (κ2) is 12.7. The summed E-state index contributed by atoms with van der Waals surface area (Å²) in [6, 6.07) is 18.8. The largest absolute Gasteiger partial charge is 0.493 e. The summed E-state index contributed by atoms with van der Waals surface area (Å²) in [7, 11) is 3.03. The van der Waals surface area contributed by atoms with Crippen LogP contribution in [0, 0.1) is 0 Å². The van der Waals surface area contributed by atoms with E-state index in [-0.39, 0.29) is 11.6 Å². The summed E-state index contributed by atoms with van der Waals surface area (Å²) >= 11 is 6.18. The number of halogens is 1. The van der Waals surface area contributed by atoms with E-state index in [1.165, 1.54) is 7.11 Å². The maximum absolute atomic E-state index is 12.4. The van der Waals surface area contributed by atoms with Gasteiger partial charge < -0.3 is 24.7 Å². The molecule has 3 aromatic carbocycles.